The molecule has 2 aromatic heterocycles. The molecule has 1 unspecified atom stereocenters. The molecule has 1 aliphatic rings. The van der Waals surface area contributed by atoms with Crippen LogP contribution in [0.3, 0.4) is 0 Å². The molecule has 12 heteroatoms. The van der Waals surface area contributed by atoms with Crippen LogP contribution in [0.4, 0.5) is 5.82 Å². The molecular formula is C17H17N5O6P. The van der Waals surface area contributed by atoms with E-state index in [0.717, 1.165) is 0 Å². The fourth-order valence-corrected chi connectivity index (χ4v) is 3.43. The zero-order valence-electron chi connectivity index (χ0n) is 15.0. The zero-order valence-corrected chi connectivity index (χ0v) is 15.8. The molecule has 1 radical (unpaired) electrons. The van der Waals surface area contributed by atoms with Crippen LogP contribution in [-0.4, -0.2) is 54.2 Å². The van der Waals surface area contributed by atoms with Crippen LogP contribution in [0.25, 0.3) is 11.2 Å². The summed E-state index contributed by atoms with van der Waals surface area (Å²) < 4.78 is 22.6. The Balaban J connectivity index is 1.56. The lowest BCUT2D eigenvalue weighted by Gasteiger charge is -2.16. The van der Waals surface area contributed by atoms with E-state index in [1.165, 1.54) is 17.2 Å². The molecule has 3 N–H and O–H groups in total. The van der Waals surface area contributed by atoms with Gasteiger partial charge in [-0.1, -0.05) is 18.2 Å². The fraction of sp³-hybridized carbons (Fsp3) is 0.294. The Morgan fingerprint density at radius 3 is 2.86 bits per heavy atom. The van der Waals surface area contributed by atoms with Gasteiger partial charge in [-0.05, 0) is 12.1 Å². The molecule has 0 saturated carbocycles. The van der Waals surface area contributed by atoms with Crippen LogP contribution in [0, 0.1) is 0 Å². The van der Waals surface area contributed by atoms with Crippen LogP contribution in [0.15, 0.2) is 43.0 Å². The summed E-state index contributed by atoms with van der Waals surface area (Å²) in [7, 11) is -2.74. The maximum Gasteiger partial charge on any atom is 0.366 e. The normalized spacial score (nSPS) is 22.0. The molecule has 1 amide bonds. The van der Waals surface area contributed by atoms with Crippen LogP contribution in [0.5, 0.6) is 0 Å². The second-order valence-electron chi connectivity index (χ2n) is 6.35. The smallest absolute Gasteiger partial charge is 0.366 e. The van der Waals surface area contributed by atoms with Crippen molar-refractivity contribution in [3.05, 3.63) is 48.5 Å². The lowest BCUT2D eigenvalue weighted by molar-refractivity contribution is -0.0459. The highest BCUT2D eigenvalue weighted by Gasteiger charge is 2.36. The number of rotatable bonds is 6. The molecule has 0 spiro atoms. The molecule has 11 nitrogen and oxygen atoms in total. The Hall–Kier alpha value is -2.82. The van der Waals surface area contributed by atoms with Crippen molar-refractivity contribution in [1.29, 1.82) is 0 Å². The van der Waals surface area contributed by atoms with Gasteiger partial charge in [0.2, 0.25) is 0 Å². The van der Waals surface area contributed by atoms with Gasteiger partial charge in [-0.25, -0.2) is 19.5 Å². The molecule has 3 heterocycles. The minimum atomic E-state index is -2.74. The van der Waals surface area contributed by atoms with E-state index >= 15 is 0 Å². The van der Waals surface area contributed by atoms with Crippen molar-refractivity contribution in [2.75, 3.05) is 11.9 Å². The third-order valence-corrected chi connectivity index (χ3v) is 4.81. The van der Waals surface area contributed by atoms with Gasteiger partial charge in [0.05, 0.1) is 19.0 Å². The van der Waals surface area contributed by atoms with Crippen LogP contribution in [0.1, 0.15) is 23.0 Å². The summed E-state index contributed by atoms with van der Waals surface area (Å²) in [5.41, 5.74) is 1.17. The molecule has 1 aliphatic heterocycles. The lowest BCUT2D eigenvalue weighted by atomic mass is 10.2. The van der Waals surface area contributed by atoms with Crippen molar-refractivity contribution >= 4 is 31.1 Å². The number of hydrogen-bond acceptors (Lipinski definition) is 8. The van der Waals surface area contributed by atoms with Gasteiger partial charge in [-0.3, -0.25) is 18.8 Å². The van der Waals surface area contributed by atoms with E-state index in [4.69, 9.17) is 9.63 Å². The van der Waals surface area contributed by atoms with Crippen molar-refractivity contribution in [3.63, 3.8) is 0 Å². The number of nitrogens with zero attached hydrogens (tertiary/aromatic N) is 4. The summed E-state index contributed by atoms with van der Waals surface area (Å²) in [6.45, 7) is -0.126. The molecule has 0 aliphatic carbocycles. The van der Waals surface area contributed by atoms with Gasteiger partial charge < -0.3 is 15.2 Å². The van der Waals surface area contributed by atoms with Gasteiger partial charge in [0.15, 0.2) is 23.2 Å². The number of imidazole rings is 1. The van der Waals surface area contributed by atoms with Crippen LogP contribution in [-0.2, 0) is 13.8 Å². The average Bonchev–Trinajstić information content (AvgIpc) is 3.30. The number of hydrogen-bond donors (Lipinski definition) is 3. The van der Waals surface area contributed by atoms with Crippen LogP contribution < -0.4 is 5.32 Å². The molecule has 151 valence electrons. The molecule has 4 atom stereocenters. The molecule has 1 aromatic carbocycles. The fourth-order valence-electron chi connectivity index (χ4n) is 3.13. The van der Waals surface area contributed by atoms with Gasteiger partial charge in [-0.15, -0.1) is 0 Å². The first kappa shape index (κ1) is 19.5. The van der Waals surface area contributed by atoms with Crippen LogP contribution in [0.2, 0.25) is 0 Å². The minimum absolute atomic E-state index is 0.126. The average molecular weight is 418 g/mol. The summed E-state index contributed by atoms with van der Waals surface area (Å²) in [4.78, 5) is 33.7. The van der Waals surface area contributed by atoms with Gasteiger partial charge in [0, 0.05) is 12.0 Å². The third-order valence-electron chi connectivity index (χ3n) is 4.44. The van der Waals surface area contributed by atoms with E-state index < -0.39 is 26.7 Å². The summed E-state index contributed by atoms with van der Waals surface area (Å²) in [5, 5.41) is 13.0. The topological polar surface area (TPSA) is 149 Å². The van der Waals surface area contributed by atoms with Gasteiger partial charge in [-0.2, -0.15) is 0 Å². The quantitative estimate of drug-likeness (QED) is 0.505. The Bertz CT molecular complexity index is 1050. The number of aliphatic hydroxyl groups is 1. The Morgan fingerprint density at radius 1 is 1.31 bits per heavy atom. The minimum Gasteiger partial charge on any atom is -0.388 e. The Morgan fingerprint density at radius 2 is 2.10 bits per heavy atom. The van der Waals surface area contributed by atoms with Crippen molar-refractivity contribution in [2.45, 2.75) is 24.9 Å². The second-order valence-corrected chi connectivity index (χ2v) is 7.09. The summed E-state index contributed by atoms with van der Waals surface area (Å²) in [5.74, 6) is -0.111. The van der Waals surface area contributed by atoms with Crippen molar-refractivity contribution in [3.8, 4) is 0 Å². The summed E-state index contributed by atoms with van der Waals surface area (Å²) in [6.07, 6.45) is 0.668. The molecule has 4 rings (SSSR count). The molecule has 1 fully saturated rings. The molecular weight excluding hydrogens is 401 g/mol. The number of fused-ring (bicyclic) bond motifs is 1. The number of anilines is 1. The largest absolute Gasteiger partial charge is 0.388 e. The highest BCUT2D eigenvalue weighted by Crippen LogP contribution is 2.33. The van der Waals surface area contributed by atoms with Crippen molar-refractivity contribution in [2.24, 2.45) is 0 Å². The number of nitrogens with one attached hydrogen (secondary N) is 1. The Kier molecular flexibility index (Phi) is 5.56. The van der Waals surface area contributed by atoms with E-state index in [9.17, 15) is 14.5 Å². The highest BCUT2D eigenvalue weighted by atomic mass is 31.1. The van der Waals surface area contributed by atoms with E-state index in [1.807, 2.05) is 6.07 Å². The number of carbonyl (C=O) groups is 1. The molecule has 1 saturated heterocycles. The highest BCUT2D eigenvalue weighted by molar-refractivity contribution is 7.32. The number of ether oxygens (including phenoxy) is 1. The van der Waals surface area contributed by atoms with E-state index in [-0.39, 0.29) is 24.8 Å². The molecule has 0 bridgehead atoms. The number of amides is 1. The maximum absolute atomic E-state index is 12.4. The predicted molar refractivity (Wildman–Crippen MR) is 100 cm³/mol. The van der Waals surface area contributed by atoms with Crippen LogP contribution >= 0.6 is 8.25 Å². The number of aliphatic hydroxyl groups excluding tert-OH is 1. The van der Waals surface area contributed by atoms with Gasteiger partial charge in [0.25, 0.3) is 5.91 Å². The SMILES string of the molecule is O=C(Nc1ncnc2c1ncn2[C@@H]1O[C@H](CO[P](=O)O)C[C@H]1O)c1ccccc1. The molecule has 29 heavy (non-hydrogen) atoms. The number of benzene rings is 1. The summed E-state index contributed by atoms with van der Waals surface area (Å²) in [6, 6.07) is 8.68. The van der Waals surface area contributed by atoms with Crippen molar-refractivity contribution in [1.82, 2.24) is 19.5 Å². The number of carbonyl (C=O) groups excluding carboxylic acids is 1. The monoisotopic (exact) mass is 418 g/mol. The first-order valence-corrected chi connectivity index (χ1v) is 9.82. The summed E-state index contributed by atoms with van der Waals surface area (Å²) >= 11 is 0. The first-order valence-electron chi connectivity index (χ1n) is 8.69. The van der Waals surface area contributed by atoms with Crippen molar-refractivity contribution < 1.29 is 28.6 Å². The molecule has 3 aromatic rings. The third kappa shape index (κ3) is 4.14. The maximum atomic E-state index is 12.4. The second kappa shape index (κ2) is 8.27. The first-order chi connectivity index (χ1) is 14.0. The standard InChI is InChI=1S/C17H17N5O6P/c23-12-6-11(7-27-29(25)26)28-17(12)22-9-20-13-14(18-8-19-15(13)22)21-16(24)10-4-2-1-3-5-10/h1-5,8-9,11-12,17,23H,6-7H2,(H,25,26)(H,18,19,21,24)/t11-,12+,17+/m0/s1. The van der Waals surface area contributed by atoms with Gasteiger partial charge in [0.1, 0.15) is 12.4 Å². The predicted octanol–water partition coefficient (Wildman–Crippen LogP) is 1.39. The number of aromatic nitrogens is 4. The van der Waals surface area contributed by atoms with E-state index in [1.54, 1.807) is 24.3 Å². The van der Waals surface area contributed by atoms with Gasteiger partial charge >= 0.3 is 8.25 Å². The van der Waals surface area contributed by atoms with E-state index in [0.29, 0.717) is 16.7 Å². The van der Waals surface area contributed by atoms with E-state index in [2.05, 4.69) is 24.8 Å². The lowest BCUT2D eigenvalue weighted by Crippen LogP contribution is -2.19. The Labute approximate surface area is 165 Å². The zero-order chi connectivity index (χ0) is 20.4.